The van der Waals surface area contributed by atoms with Crippen molar-refractivity contribution in [3.63, 3.8) is 0 Å². The number of aliphatic hydroxyl groups is 1. The second kappa shape index (κ2) is 8.59. The fraction of sp³-hybridized carbons (Fsp3) is 0.600. The number of hydrogen-bond acceptors (Lipinski definition) is 4. The van der Waals surface area contributed by atoms with E-state index >= 15 is 0 Å². The van der Waals surface area contributed by atoms with Gasteiger partial charge in [-0.3, -0.25) is 9.59 Å². The van der Waals surface area contributed by atoms with Crippen molar-refractivity contribution in [2.24, 2.45) is 11.1 Å². The van der Waals surface area contributed by atoms with Crippen molar-refractivity contribution in [1.82, 2.24) is 10.2 Å². The van der Waals surface area contributed by atoms with Crippen LogP contribution in [0.2, 0.25) is 5.02 Å². The van der Waals surface area contributed by atoms with Gasteiger partial charge in [-0.15, -0.1) is 0 Å². The lowest BCUT2D eigenvalue weighted by atomic mass is 9.88. The van der Waals surface area contributed by atoms with Gasteiger partial charge < -0.3 is 21.1 Å². The highest BCUT2D eigenvalue weighted by Gasteiger charge is 2.40. The Balaban J connectivity index is 2.13. The molecule has 1 heterocycles. The zero-order valence-electron chi connectivity index (χ0n) is 16.5. The molecule has 27 heavy (non-hydrogen) atoms. The van der Waals surface area contributed by atoms with Crippen molar-refractivity contribution in [3.05, 3.63) is 34.3 Å². The fourth-order valence-electron chi connectivity index (χ4n) is 3.37. The molecule has 0 saturated carbocycles. The predicted molar refractivity (Wildman–Crippen MR) is 106 cm³/mol. The third-order valence-corrected chi connectivity index (χ3v) is 5.28. The lowest BCUT2D eigenvalue weighted by molar-refractivity contribution is -0.150. The molecule has 6 nitrogen and oxygen atoms in total. The number of nitrogens with one attached hydrogen (secondary N) is 1. The SMILES string of the molecule is CC(NC(=O)[C@@H]1CCCN1C(=O)[C@@H](O)C(C)(C)C)c1cc(Cl)ccc1CN. The van der Waals surface area contributed by atoms with Gasteiger partial charge in [0.15, 0.2) is 0 Å². The molecular weight excluding hydrogens is 366 g/mol. The van der Waals surface area contributed by atoms with Gasteiger partial charge in [0.05, 0.1) is 6.04 Å². The Kier molecular flexibility index (Phi) is 6.89. The maximum Gasteiger partial charge on any atom is 0.252 e. The highest BCUT2D eigenvalue weighted by Crippen LogP contribution is 2.27. The van der Waals surface area contributed by atoms with Crippen LogP contribution in [0.15, 0.2) is 18.2 Å². The Morgan fingerprint density at radius 2 is 2.07 bits per heavy atom. The number of carbonyl (C=O) groups excluding carboxylic acids is 2. The average Bonchev–Trinajstić information content (AvgIpc) is 3.09. The van der Waals surface area contributed by atoms with E-state index in [-0.39, 0.29) is 11.9 Å². The molecule has 150 valence electrons. The normalized spacial score (nSPS) is 19.7. The molecule has 0 spiro atoms. The van der Waals surface area contributed by atoms with Crippen LogP contribution in [0.25, 0.3) is 0 Å². The summed E-state index contributed by atoms with van der Waals surface area (Å²) in [7, 11) is 0. The summed E-state index contributed by atoms with van der Waals surface area (Å²) in [5.41, 5.74) is 6.99. The van der Waals surface area contributed by atoms with E-state index in [9.17, 15) is 14.7 Å². The first-order chi connectivity index (χ1) is 12.6. The van der Waals surface area contributed by atoms with Crippen LogP contribution in [0.1, 0.15) is 57.7 Å². The van der Waals surface area contributed by atoms with Crippen LogP contribution in [-0.2, 0) is 16.1 Å². The summed E-state index contributed by atoms with van der Waals surface area (Å²) >= 11 is 6.09. The summed E-state index contributed by atoms with van der Waals surface area (Å²) in [6.45, 7) is 8.10. The van der Waals surface area contributed by atoms with Crippen molar-refractivity contribution in [1.29, 1.82) is 0 Å². The number of aliphatic hydroxyl groups excluding tert-OH is 1. The second-order valence-corrected chi connectivity index (χ2v) is 8.67. The molecule has 1 aliphatic rings. The third kappa shape index (κ3) is 5.00. The van der Waals surface area contributed by atoms with Gasteiger partial charge >= 0.3 is 0 Å². The quantitative estimate of drug-likeness (QED) is 0.713. The van der Waals surface area contributed by atoms with E-state index < -0.39 is 23.5 Å². The van der Waals surface area contributed by atoms with Crippen LogP contribution in [0.3, 0.4) is 0 Å². The van der Waals surface area contributed by atoms with Gasteiger partial charge in [0.25, 0.3) is 5.91 Å². The Labute approximate surface area is 166 Å². The second-order valence-electron chi connectivity index (χ2n) is 8.24. The number of halogens is 1. The van der Waals surface area contributed by atoms with Crippen LogP contribution in [0.4, 0.5) is 0 Å². The van der Waals surface area contributed by atoms with E-state index in [0.29, 0.717) is 24.5 Å². The molecule has 0 aliphatic carbocycles. The van der Waals surface area contributed by atoms with Crippen LogP contribution in [0, 0.1) is 5.41 Å². The van der Waals surface area contributed by atoms with Crippen molar-refractivity contribution in [3.8, 4) is 0 Å². The average molecular weight is 396 g/mol. The minimum Gasteiger partial charge on any atom is -0.383 e. The van der Waals surface area contributed by atoms with Crippen molar-refractivity contribution in [2.45, 2.75) is 65.3 Å². The number of hydrogen-bond donors (Lipinski definition) is 3. The first-order valence-electron chi connectivity index (χ1n) is 9.33. The minimum atomic E-state index is -1.14. The molecule has 3 atom stereocenters. The molecule has 1 fully saturated rings. The van der Waals surface area contributed by atoms with E-state index in [1.807, 2.05) is 13.0 Å². The zero-order chi connectivity index (χ0) is 20.4. The minimum absolute atomic E-state index is 0.225. The number of carbonyl (C=O) groups is 2. The molecular formula is C20H30ClN3O3. The molecule has 1 unspecified atom stereocenters. The number of rotatable bonds is 5. The Morgan fingerprint density at radius 1 is 1.41 bits per heavy atom. The van der Waals surface area contributed by atoms with E-state index in [2.05, 4.69) is 5.32 Å². The van der Waals surface area contributed by atoms with Gasteiger partial charge in [-0.2, -0.15) is 0 Å². The molecule has 1 saturated heterocycles. The molecule has 7 heteroatoms. The number of benzene rings is 1. The van der Waals surface area contributed by atoms with E-state index in [1.165, 1.54) is 4.90 Å². The van der Waals surface area contributed by atoms with Gasteiger partial charge in [-0.1, -0.05) is 38.4 Å². The number of amides is 2. The number of nitrogens with zero attached hydrogens (tertiary/aromatic N) is 1. The molecule has 0 radical (unpaired) electrons. The van der Waals surface area contributed by atoms with E-state index in [1.54, 1.807) is 32.9 Å². The number of nitrogens with two attached hydrogens (primary N) is 1. The first-order valence-corrected chi connectivity index (χ1v) is 9.71. The van der Waals surface area contributed by atoms with Crippen molar-refractivity contribution >= 4 is 23.4 Å². The van der Waals surface area contributed by atoms with Gasteiger partial charge in [-0.25, -0.2) is 0 Å². The maximum atomic E-state index is 12.8. The largest absolute Gasteiger partial charge is 0.383 e. The lowest BCUT2D eigenvalue weighted by Gasteiger charge is -2.32. The summed E-state index contributed by atoms with van der Waals surface area (Å²) in [6.07, 6.45) is 0.181. The summed E-state index contributed by atoms with van der Waals surface area (Å²) in [4.78, 5) is 27.0. The van der Waals surface area contributed by atoms with Crippen molar-refractivity contribution < 1.29 is 14.7 Å². The molecule has 4 N–H and O–H groups in total. The zero-order valence-corrected chi connectivity index (χ0v) is 17.2. The predicted octanol–water partition coefficient (Wildman–Crippen LogP) is 2.37. The molecule has 2 amide bonds. The fourth-order valence-corrected chi connectivity index (χ4v) is 3.55. The van der Waals surface area contributed by atoms with Crippen LogP contribution >= 0.6 is 11.6 Å². The number of likely N-dealkylation sites (tertiary alicyclic amines) is 1. The lowest BCUT2D eigenvalue weighted by Crippen LogP contribution is -2.52. The summed E-state index contributed by atoms with van der Waals surface area (Å²) < 4.78 is 0. The molecule has 1 aliphatic heterocycles. The van der Waals surface area contributed by atoms with Gasteiger partial charge in [0.2, 0.25) is 5.91 Å². The van der Waals surface area contributed by atoms with Crippen molar-refractivity contribution in [2.75, 3.05) is 6.54 Å². The summed E-state index contributed by atoms with van der Waals surface area (Å²) in [6, 6.07) is 4.56. The van der Waals surface area contributed by atoms with E-state index in [4.69, 9.17) is 17.3 Å². The van der Waals surface area contributed by atoms with Crippen LogP contribution < -0.4 is 11.1 Å². The maximum absolute atomic E-state index is 12.8. The smallest absolute Gasteiger partial charge is 0.252 e. The van der Waals surface area contributed by atoms with Crippen LogP contribution in [-0.4, -0.2) is 40.5 Å². The van der Waals surface area contributed by atoms with Gasteiger partial charge in [0, 0.05) is 18.1 Å². The summed E-state index contributed by atoms with van der Waals surface area (Å²) in [5.74, 6) is -0.615. The molecule has 0 bridgehead atoms. The summed E-state index contributed by atoms with van der Waals surface area (Å²) in [5, 5.41) is 13.9. The highest BCUT2D eigenvalue weighted by atomic mass is 35.5. The van der Waals surface area contributed by atoms with E-state index in [0.717, 1.165) is 17.5 Å². The van der Waals surface area contributed by atoms with Gasteiger partial charge in [-0.05, 0) is 48.4 Å². The highest BCUT2D eigenvalue weighted by molar-refractivity contribution is 6.30. The Hall–Kier alpha value is -1.63. The first kappa shape index (κ1) is 21.7. The molecule has 0 aromatic heterocycles. The topological polar surface area (TPSA) is 95.7 Å². The Bertz CT molecular complexity index is 702. The third-order valence-electron chi connectivity index (χ3n) is 5.05. The molecule has 1 aromatic rings. The standard InChI is InChI=1S/C20H30ClN3O3/c1-12(15-10-14(21)8-7-13(15)11-22)23-18(26)16-6-5-9-24(16)19(27)17(25)20(2,3)4/h7-8,10,12,16-17,25H,5-6,9,11,22H2,1-4H3,(H,23,26)/t12?,16-,17+/m0/s1. The molecule has 1 aromatic carbocycles. The molecule has 2 rings (SSSR count). The Morgan fingerprint density at radius 3 is 2.67 bits per heavy atom. The monoisotopic (exact) mass is 395 g/mol. The van der Waals surface area contributed by atoms with Gasteiger partial charge in [0.1, 0.15) is 12.1 Å². The van der Waals surface area contributed by atoms with Crippen LogP contribution in [0.5, 0.6) is 0 Å².